The van der Waals surface area contributed by atoms with Gasteiger partial charge in [0.2, 0.25) is 0 Å². The number of hydrogen-bond acceptors (Lipinski definition) is 4. The molecular formula is C16H15F2NO3S. The van der Waals surface area contributed by atoms with Gasteiger partial charge in [0.15, 0.2) is 0 Å². The highest BCUT2D eigenvalue weighted by atomic mass is 32.1. The second kappa shape index (κ2) is 7.06. The summed E-state index contributed by atoms with van der Waals surface area (Å²) in [6.45, 7) is -1.73. The molecule has 1 aliphatic heterocycles. The maximum absolute atomic E-state index is 12.6. The van der Waals surface area contributed by atoms with Crippen LogP contribution in [0.1, 0.15) is 21.3 Å². The first-order valence-electron chi connectivity index (χ1n) is 7.13. The molecule has 1 aromatic heterocycles. The van der Waals surface area contributed by atoms with Gasteiger partial charge in [-0.3, -0.25) is 4.79 Å². The molecule has 0 N–H and O–H groups in total. The van der Waals surface area contributed by atoms with E-state index in [0.717, 1.165) is 16.9 Å². The van der Waals surface area contributed by atoms with Gasteiger partial charge in [0.25, 0.3) is 5.91 Å². The first-order valence-corrected chi connectivity index (χ1v) is 8.01. The van der Waals surface area contributed by atoms with E-state index in [1.165, 1.54) is 6.07 Å². The van der Waals surface area contributed by atoms with E-state index in [1.54, 1.807) is 10.3 Å². The fraction of sp³-hybridized carbons (Fsp3) is 0.312. The number of thiophene rings is 1. The molecular weight excluding hydrogens is 324 g/mol. The maximum Gasteiger partial charge on any atom is 0.387 e. The van der Waals surface area contributed by atoms with Crippen LogP contribution in [0.3, 0.4) is 0 Å². The third-order valence-corrected chi connectivity index (χ3v) is 4.45. The average Bonchev–Trinajstić information content (AvgIpc) is 3.02. The Morgan fingerprint density at radius 2 is 2.09 bits per heavy atom. The summed E-state index contributed by atoms with van der Waals surface area (Å²) in [4.78, 5) is 14.4. The van der Waals surface area contributed by atoms with E-state index in [1.807, 2.05) is 30.3 Å². The van der Waals surface area contributed by atoms with Crippen LogP contribution in [0, 0.1) is 0 Å². The van der Waals surface area contributed by atoms with Gasteiger partial charge >= 0.3 is 6.61 Å². The molecule has 1 unspecified atom stereocenters. The van der Waals surface area contributed by atoms with Crippen LogP contribution in [0.15, 0.2) is 41.8 Å². The second-order valence-electron chi connectivity index (χ2n) is 5.01. The summed E-state index contributed by atoms with van der Waals surface area (Å²) in [6, 6.07) is 11.0. The minimum atomic E-state index is -2.95. The molecule has 0 aliphatic carbocycles. The minimum absolute atomic E-state index is 0.0715. The van der Waals surface area contributed by atoms with Gasteiger partial charge in [0.05, 0.1) is 13.2 Å². The molecule has 23 heavy (non-hydrogen) atoms. The van der Waals surface area contributed by atoms with Gasteiger partial charge in [0, 0.05) is 6.54 Å². The number of nitrogens with zero attached hydrogens (tertiary/aromatic N) is 1. The number of carbonyl (C=O) groups excluding carboxylic acids is 1. The zero-order valence-electron chi connectivity index (χ0n) is 12.2. The Morgan fingerprint density at radius 3 is 2.83 bits per heavy atom. The Labute approximate surface area is 136 Å². The Bertz CT molecular complexity index is 662. The van der Waals surface area contributed by atoms with Crippen LogP contribution in [0.2, 0.25) is 0 Å². The number of hydrogen-bond donors (Lipinski definition) is 0. The summed E-state index contributed by atoms with van der Waals surface area (Å²) in [5.74, 6) is -0.377. The second-order valence-corrected chi connectivity index (χ2v) is 5.93. The molecule has 122 valence electrons. The van der Waals surface area contributed by atoms with Crippen molar-refractivity contribution in [1.29, 1.82) is 0 Å². The largest absolute Gasteiger partial charge is 0.433 e. The Balaban J connectivity index is 1.74. The number of rotatable bonds is 4. The molecule has 0 bridgehead atoms. The Morgan fingerprint density at radius 1 is 1.30 bits per heavy atom. The number of halogens is 2. The van der Waals surface area contributed by atoms with Gasteiger partial charge in [-0.1, -0.05) is 30.3 Å². The monoisotopic (exact) mass is 339 g/mol. The van der Waals surface area contributed by atoms with Crippen LogP contribution in [-0.2, 0) is 4.74 Å². The fourth-order valence-electron chi connectivity index (χ4n) is 2.49. The average molecular weight is 339 g/mol. The molecule has 2 heterocycles. The minimum Gasteiger partial charge on any atom is -0.433 e. The van der Waals surface area contributed by atoms with Crippen molar-refractivity contribution in [3.63, 3.8) is 0 Å². The van der Waals surface area contributed by atoms with Crippen molar-refractivity contribution in [3.8, 4) is 5.75 Å². The third kappa shape index (κ3) is 3.68. The van der Waals surface area contributed by atoms with Gasteiger partial charge in [-0.25, -0.2) is 0 Å². The lowest BCUT2D eigenvalue weighted by atomic mass is 10.1. The van der Waals surface area contributed by atoms with Crippen molar-refractivity contribution in [2.24, 2.45) is 0 Å². The van der Waals surface area contributed by atoms with Crippen LogP contribution in [0.4, 0.5) is 8.78 Å². The van der Waals surface area contributed by atoms with E-state index < -0.39 is 6.61 Å². The Hall–Kier alpha value is -1.99. The van der Waals surface area contributed by atoms with Crippen molar-refractivity contribution in [2.45, 2.75) is 12.7 Å². The maximum atomic E-state index is 12.6. The fourth-order valence-corrected chi connectivity index (χ4v) is 3.28. The quantitative estimate of drug-likeness (QED) is 0.855. The molecule has 1 aromatic carbocycles. The normalized spacial score (nSPS) is 18.2. The van der Waals surface area contributed by atoms with Crippen LogP contribution in [-0.4, -0.2) is 37.1 Å². The first kappa shape index (κ1) is 15.9. The van der Waals surface area contributed by atoms with E-state index in [2.05, 4.69) is 4.74 Å². The van der Waals surface area contributed by atoms with E-state index in [0.29, 0.717) is 19.7 Å². The van der Waals surface area contributed by atoms with E-state index in [-0.39, 0.29) is 22.6 Å². The Kier molecular flexibility index (Phi) is 4.88. The number of ether oxygens (including phenoxy) is 2. The summed E-state index contributed by atoms with van der Waals surface area (Å²) < 4.78 is 34.9. The molecule has 1 saturated heterocycles. The van der Waals surface area contributed by atoms with E-state index >= 15 is 0 Å². The summed E-state index contributed by atoms with van der Waals surface area (Å²) in [6.07, 6.45) is -0.215. The van der Waals surface area contributed by atoms with E-state index in [4.69, 9.17) is 4.74 Å². The number of carbonyl (C=O) groups is 1. The highest BCUT2D eigenvalue weighted by Gasteiger charge is 2.28. The van der Waals surface area contributed by atoms with Crippen LogP contribution >= 0.6 is 11.3 Å². The topological polar surface area (TPSA) is 38.8 Å². The number of morpholine rings is 1. The molecule has 0 saturated carbocycles. The first-order chi connectivity index (χ1) is 11.1. The van der Waals surface area contributed by atoms with Crippen LogP contribution in [0.25, 0.3) is 0 Å². The summed E-state index contributed by atoms with van der Waals surface area (Å²) in [7, 11) is 0. The lowest BCUT2D eigenvalue weighted by Crippen LogP contribution is -2.42. The smallest absolute Gasteiger partial charge is 0.387 e. The molecule has 1 amide bonds. The van der Waals surface area contributed by atoms with Gasteiger partial charge in [-0.05, 0) is 17.0 Å². The zero-order valence-corrected chi connectivity index (χ0v) is 13.0. The van der Waals surface area contributed by atoms with Gasteiger partial charge in [0.1, 0.15) is 16.7 Å². The molecule has 4 nitrogen and oxygen atoms in total. The van der Waals surface area contributed by atoms with Gasteiger partial charge in [-0.15, -0.1) is 11.3 Å². The van der Waals surface area contributed by atoms with Crippen molar-refractivity contribution in [2.75, 3.05) is 19.7 Å². The number of benzene rings is 1. The standard InChI is InChI=1S/C16H15F2NO3S/c17-16(18)22-12-6-9-23-14(12)15(20)19-7-8-21-13(10-19)11-4-2-1-3-5-11/h1-6,9,13,16H,7-8,10H2. The van der Waals surface area contributed by atoms with Gasteiger partial charge in [-0.2, -0.15) is 8.78 Å². The van der Waals surface area contributed by atoms with Crippen LogP contribution in [0.5, 0.6) is 5.75 Å². The van der Waals surface area contributed by atoms with Crippen molar-refractivity contribution in [3.05, 3.63) is 52.2 Å². The molecule has 3 rings (SSSR count). The highest BCUT2D eigenvalue weighted by molar-refractivity contribution is 7.12. The summed E-state index contributed by atoms with van der Waals surface area (Å²) >= 11 is 1.10. The van der Waals surface area contributed by atoms with Crippen molar-refractivity contribution >= 4 is 17.2 Å². The SMILES string of the molecule is O=C(c1sccc1OC(F)F)N1CCOC(c2ccccc2)C1. The molecule has 2 aromatic rings. The number of amides is 1. The molecule has 1 atom stereocenters. The lowest BCUT2D eigenvalue weighted by Gasteiger charge is -2.33. The summed E-state index contributed by atoms with van der Waals surface area (Å²) in [5.41, 5.74) is 0.986. The van der Waals surface area contributed by atoms with Crippen molar-refractivity contribution < 1.29 is 23.0 Å². The molecule has 0 spiro atoms. The predicted molar refractivity (Wildman–Crippen MR) is 82.0 cm³/mol. The molecule has 7 heteroatoms. The van der Waals surface area contributed by atoms with Crippen LogP contribution < -0.4 is 4.74 Å². The highest BCUT2D eigenvalue weighted by Crippen LogP contribution is 2.30. The zero-order chi connectivity index (χ0) is 16.2. The van der Waals surface area contributed by atoms with Gasteiger partial charge < -0.3 is 14.4 Å². The molecule has 0 radical (unpaired) electrons. The summed E-state index contributed by atoms with van der Waals surface area (Å²) in [5, 5.41) is 1.57. The molecule has 1 aliphatic rings. The predicted octanol–water partition coefficient (Wildman–Crippen LogP) is 3.56. The molecule has 1 fully saturated rings. The lowest BCUT2D eigenvalue weighted by molar-refractivity contribution is -0.0504. The third-order valence-electron chi connectivity index (χ3n) is 3.56. The number of alkyl halides is 2. The van der Waals surface area contributed by atoms with E-state index in [9.17, 15) is 13.6 Å². The van der Waals surface area contributed by atoms with Crippen molar-refractivity contribution in [1.82, 2.24) is 4.90 Å².